The van der Waals surface area contributed by atoms with Crippen LogP contribution in [0.4, 0.5) is 22.1 Å². The van der Waals surface area contributed by atoms with Gasteiger partial charge in [0.05, 0.1) is 31.2 Å². The first-order valence-electron chi connectivity index (χ1n) is 10.8. The van der Waals surface area contributed by atoms with Gasteiger partial charge in [0, 0.05) is 24.9 Å². The number of ether oxygens (including phenoxy) is 1. The Balaban J connectivity index is 1.26. The molecule has 1 saturated heterocycles. The maximum atomic E-state index is 12.4. The number of nitrogens with zero attached hydrogens (tertiary/aromatic N) is 4. The zero-order valence-electron chi connectivity index (χ0n) is 18.1. The van der Waals surface area contributed by atoms with E-state index in [1.165, 1.54) is 31.0 Å². The highest BCUT2D eigenvalue weighted by atomic mass is 16.6. The molecule has 5 N–H and O–H groups in total. The number of nitrogens with two attached hydrogens (primary N) is 1. The molecule has 4 rings (SSSR count). The molecule has 3 heterocycles. The van der Waals surface area contributed by atoms with Gasteiger partial charge >= 0.3 is 6.03 Å². The van der Waals surface area contributed by atoms with E-state index in [9.17, 15) is 4.79 Å². The maximum Gasteiger partial charge on any atom is 0.319 e. The largest absolute Gasteiger partial charge is 0.474 e. The average Bonchev–Trinajstić information content (AvgIpc) is 2.77. The molecule has 0 atom stereocenters. The van der Waals surface area contributed by atoms with Gasteiger partial charge in [-0.25, -0.2) is 14.8 Å². The van der Waals surface area contributed by atoms with Crippen LogP contribution in [0.1, 0.15) is 37.7 Å². The third-order valence-corrected chi connectivity index (χ3v) is 5.80. The summed E-state index contributed by atoms with van der Waals surface area (Å²) in [6, 6.07) is 3.42. The zero-order chi connectivity index (χ0) is 22.3. The van der Waals surface area contributed by atoms with Gasteiger partial charge in [0.25, 0.3) is 0 Å². The van der Waals surface area contributed by atoms with Gasteiger partial charge in [-0.3, -0.25) is 4.90 Å². The molecule has 1 saturated carbocycles. The summed E-state index contributed by atoms with van der Waals surface area (Å²) in [5.41, 5.74) is 7.28. The number of pyridine rings is 1. The Kier molecular flexibility index (Phi) is 6.95. The number of urea groups is 1. The molecule has 1 aliphatic carbocycles. The Bertz CT molecular complexity index is 941. The monoisotopic (exact) mass is 441 g/mol. The lowest BCUT2D eigenvalue weighted by Gasteiger charge is -2.29. The van der Waals surface area contributed by atoms with Gasteiger partial charge in [-0.05, 0) is 25.3 Å². The molecule has 11 heteroatoms. The van der Waals surface area contributed by atoms with Crippen molar-refractivity contribution in [2.75, 3.05) is 31.2 Å². The normalized spacial score (nSPS) is 21.0. The summed E-state index contributed by atoms with van der Waals surface area (Å²) in [6.07, 6.45) is 9.86. The number of carbonyl (C=O) groups is 1. The highest BCUT2D eigenvalue weighted by Gasteiger charge is 2.28. The topological polar surface area (TPSA) is 141 Å². The first kappa shape index (κ1) is 21.8. The van der Waals surface area contributed by atoms with E-state index in [2.05, 4.69) is 30.7 Å². The van der Waals surface area contributed by atoms with Crippen LogP contribution in [0.5, 0.6) is 5.88 Å². The number of hydrogen-bond donors (Lipinski definition) is 4. The minimum Gasteiger partial charge on any atom is -0.474 e. The summed E-state index contributed by atoms with van der Waals surface area (Å²) in [7, 11) is 1.47. The number of oxime groups is 1. The van der Waals surface area contributed by atoms with Gasteiger partial charge in [0.1, 0.15) is 30.9 Å². The maximum absolute atomic E-state index is 12.4. The fraction of sp³-hybridized carbons (Fsp3) is 0.476. The molecule has 2 aliphatic rings. The highest BCUT2D eigenvalue weighted by Crippen LogP contribution is 2.24. The van der Waals surface area contributed by atoms with E-state index >= 15 is 0 Å². The number of anilines is 2. The number of rotatable bonds is 7. The second-order valence-electron chi connectivity index (χ2n) is 7.97. The number of quaternary nitrogens is 1. The first-order valence-corrected chi connectivity index (χ1v) is 10.8. The Morgan fingerprint density at radius 3 is 2.69 bits per heavy atom. The SMILES string of the molecule is CO/N=C/c1c(N)ncnc1[NH+]1CCC(NC(=O)Nc2ccc(OC3CCC3)nc2)CC1. The Hall–Kier alpha value is -3.47. The average molecular weight is 442 g/mol. The smallest absolute Gasteiger partial charge is 0.319 e. The van der Waals surface area contributed by atoms with Crippen molar-refractivity contribution in [3.8, 4) is 5.88 Å². The summed E-state index contributed by atoms with van der Waals surface area (Å²) >= 11 is 0. The standard InChI is InChI=1S/C21H28N8O3/c1-31-26-12-17-19(22)24-13-25-20(17)29-9-7-14(8-10-29)27-21(30)28-15-5-6-18(23-11-15)32-16-3-2-4-16/h5-6,11-14,16H,2-4,7-10H2,1H3,(H2,22,24,25)(H2,27,28,30)/p+1/b26-12+. The Labute approximate surface area is 186 Å². The number of piperidine rings is 1. The van der Waals surface area contributed by atoms with E-state index in [4.69, 9.17) is 15.3 Å². The van der Waals surface area contributed by atoms with Crippen LogP contribution in [-0.4, -0.2) is 59.5 Å². The van der Waals surface area contributed by atoms with Crippen LogP contribution in [-0.2, 0) is 4.84 Å². The molecular formula is C21H29N8O3+. The molecule has 0 aromatic carbocycles. The van der Waals surface area contributed by atoms with Crippen molar-refractivity contribution < 1.29 is 19.3 Å². The second-order valence-corrected chi connectivity index (χ2v) is 7.97. The minimum atomic E-state index is -0.243. The van der Waals surface area contributed by atoms with Crippen LogP contribution in [0.25, 0.3) is 0 Å². The van der Waals surface area contributed by atoms with Crippen LogP contribution in [0.2, 0.25) is 0 Å². The van der Waals surface area contributed by atoms with Gasteiger partial charge in [0.2, 0.25) is 11.7 Å². The van der Waals surface area contributed by atoms with Gasteiger partial charge in [-0.1, -0.05) is 5.16 Å². The number of aromatic nitrogens is 3. The first-order chi connectivity index (χ1) is 15.6. The van der Waals surface area contributed by atoms with E-state index in [0.717, 1.165) is 44.6 Å². The van der Waals surface area contributed by atoms with Gasteiger partial charge in [-0.2, -0.15) is 4.98 Å². The van der Waals surface area contributed by atoms with Crippen molar-refractivity contribution in [3.05, 3.63) is 30.2 Å². The van der Waals surface area contributed by atoms with Crippen LogP contribution >= 0.6 is 0 Å². The Morgan fingerprint density at radius 1 is 1.22 bits per heavy atom. The molecule has 2 fully saturated rings. The van der Waals surface area contributed by atoms with Crippen molar-refractivity contribution in [3.63, 3.8) is 0 Å². The number of amides is 2. The van der Waals surface area contributed by atoms with Crippen LogP contribution in [0.3, 0.4) is 0 Å². The van der Waals surface area contributed by atoms with E-state index in [-0.39, 0.29) is 18.2 Å². The van der Waals surface area contributed by atoms with Gasteiger partial charge in [-0.15, -0.1) is 0 Å². The second kappa shape index (κ2) is 10.2. The molecule has 0 unspecified atom stereocenters. The number of nitrogens with one attached hydrogen (secondary N) is 3. The molecule has 0 radical (unpaired) electrons. The summed E-state index contributed by atoms with van der Waals surface area (Å²) in [4.78, 5) is 31.1. The molecule has 32 heavy (non-hydrogen) atoms. The lowest BCUT2D eigenvalue weighted by Crippen LogP contribution is -3.09. The minimum absolute atomic E-state index is 0.0724. The molecule has 0 spiro atoms. The fourth-order valence-electron chi connectivity index (χ4n) is 3.81. The van der Waals surface area contributed by atoms with Crippen LogP contribution < -0.4 is 26.0 Å². The zero-order valence-corrected chi connectivity index (χ0v) is 18.1. The van der Waals surface area contributed by atoms with Gasteiger partial charge < -0.3 is 25.9 Å². The Morgan fingerprint density at radius 2 is 2.03 bits per heavy atom. The van der Waals surface area contributed by atoms with E-state index < -0.39 is 0 Å². The van der Waals surface area contributed by atoms with Crippen molar-refractivity contribution in [2.24, 2.45) is 5.16 Å². The quantitative estimate of drug-likeness (QED) is 0.369. The number of nitrogen functional groups attached to an aromatic ring is 1. The number of carbonyl (C=O) groups excluding carboxylic acids is 1. The van der Waals surface area contributed by atoms with E-state index in [0.29, 0.717) is 22.9 Å². The molecular weight excluding hydrogens is 412 g/mol. The lowest BCUT2D eigenvalue weighted by atomic mass is 9.96. The summed E-state index contributed by atoms with van der Waals surface area (Å²) in [6.45, 7) is 1.59. The summed E-state index contributed by atoms with van der Waals surface area (Å²) in [5.74, 6) is 1.74. The lowest BCUT2D eigenvalue weighted by molar-refractivity contribution is -0.841. The molecule has 2 amide bonds. The molecule has 11 nitrogen and oxygen atoms in total. The van der Waals surface area contributed by atoms with E-state index in [1.807, 2.05) is 0 Å². The predicted molar refractivity (Wildman–Crippen MR) is 119 cm³/mol. The third kappa shape index (κ3) is 5.41. The number of hydrogen-bond acceptors (Lipinski definition) is 8. The van der Waals surface area contributed by atoms with Crippen molar-refractivity contribution in [2.45, 2.75) is 44.2 Å². The van der Waals surface area contributed by atoms with Crippen molar-refractivity contribution in [1.29, 1.82) is 0 Å². The fourth-order valence-corrected chi connectivity index (χ4v) is 3.81. The van der Waals surface area contributed by atoms with E-state index in [1.54, 1.807) is 18.3 Å². The molecule has 170 valence electrons. The molecule has 2 aromatic heterocycles. The summed E-state index contributed by atoms with van der Waals surface area (Å²) in [5, 5.41) is 9.68. The van der Waals surface area contributed by atoms with Crippen molar-refractivity contribution in [1.82, 2.24) is 20.3 Å². The van der Waals surface area contributed by atoms with Gasteiger partial charge in [0.15, 0.2) is 0 Å². The van der Waals surface area contributed by atoms with Crippen molar-refractivity contribution >= 4 is 29.6 Å². The molecule has 2 aromatic rings. The predicted octanol–water partition coefficient (Wildman–Crippen LogP) is 0.866. The molecule has 1 aliphatic heterocycles. The summed E-state index contributed by atoms with van der Waals surface area (Å²) < 4.78 is 5.74. The highest BCUT2D eigenvalue weighted by molar-refractivity contribution is 5.89. The van der Waals surface area contributed by atoms with Crippen LogP contribution in [0.15, 0.2) is 29.8 Å². The van der Waals surface area contributed by atoms with Crippen LogP contribution in [0, 0.1) is 0 Å². The third-order valence-electron chi connectivity index (χ3n) is 5.80. The molecule has 0 bridgehead atoms.